The summed E-state index contributed by atoms with van der Waals surface area (Å²) in [5, 5.41) is -0.372. The van der Waals surface area contributed by atoms with Crippen LogP contribution in [0, 0.1) is 0 Å². The molecule has 0 aliphatic heterocycles. The topological polar surface area (TPSA) is 140 Å². The molecule has 20 heavy (non-hydrogen) atoms. The zero-order valence-electron chi connectivity index (χ0n) is 9.53. The van der Waals surface area contributed by atoms with Gasteiger partial charge in [0.15, 0.2) is 0 Å². The summed E-state index contributed by atoms with van der Waals surface area (Å²) in [4.78, 5) is 32.0. The standard InChI is InChI=1S/C9H8ClN2O6PS/c10-5-3-6-4(1-7(5)12-20(17)18)2-8(9(13)11-6)19(14,15)16/h1-3,12H,(H,11,13)(H,17,18)(H2,14,15,16). The molecule has 1 aromatic carbocycles. The van der Waals surface area contributed by atoms with Crippen molar-refractivity contribution in [1.82, 2.24) is 4.98 Å². The molecule has 0 saturated carbocycles. The number of aromatic amines is 1. The van der Waals surface area contributed by atoms with E-state index >= 15 is 0 Å². The minimum atomic E-state index is -4.72. The van der Waals surface area contributed by atoms with E-state index in [4.69, 9.17) is 25.9 Å². The van der Waals surface area contributed by atoms with Gasteiger partial charge in [-0.3, -0.25) is 18.6 Å². The first-order valence-electron chi connectivity index (χ1n) is 4.98. The third kappa shape index (κ3) is 3.09. The van der Waals surface area contributed by atoms with Crippen molar-refractivity contribution >= 4 is 52.4 Å². The minimum Gasteiger partial charge on any atom is -0.321 e. The number of nitrogens with one attached hydrogen (secondary N) is 2. The number of hydrogen-bond acceptors (Lipinski definition) is 3. The van der Waals surface area contributed by atoms with Gasteiger partial charge in [-0.05, 0) is 18.2 Å². The van der Waals surface area contributed by atoms with Crippen molar-refractivity contribution in [3.8, 4) is 0 Å². The minimum absolute atomic E-state index is 0.0690. The van der Waals surface area contributed by atoms with Gasteiger partial charge in [-0.25, -0.2) is 4.21 Å². The van der Waals surface area contributed by atoms with Gasteiger partial charge in [-0.2, -0.15) is 0 Å². The summed E-state index contributed by atoms with van der Waals surface area (Å²) in [6.45, 7) is 0. The van der Waals surface area contributed by atoms with Gasteiger partial charge in [0.2, 0.25) is 0 Å². The van der Waals surface area contributed by atoms with Crippen LogP contribution in [0.2, 0.25) is 5.02 Å². The second-order valence-electron chi connectivity index (χ2n) is 3.80. The van der Waals surface area contributed by atoms with Gasteiger partial charge in [-0.1, -0.05) is 11.6 Å². The van der Waals surface area contributed by atoms with Gasteiger partial charge in [0.1, 0.15) is 5.30 Å². The summed E-state index contributed by atoms with van der Waals surface area (Å²) < 4.78 is 32.8. The fourth-order valence-electron chi connectivity index (χ4n) is 1.61. The van der Waals surface area contributed by atoms with E-state index in [2.05, 4.69) is 9.71 Å². The predicted octanol–water partition coefficient (Wildman–Crippen LogP) is 0.533. The summed E-state index contributed by atoms with van der Waals surface area (Å²) in [6, 6.07) is 3.61. The fourth-order valence-corrected chi connectivity index (χ4v) is 2.86. The van der Waals surface area contributed by atoms with Crippen LogP contribution in [-0.4, -0.2) is 23.5 Å². The van der Waals surface area contributed by atoms with Crippen LogP contribution in [0.1, 0.15) is 0 Å². The molecule has 1 aromatic heterocycles. The Morgan fingerprint density at radius 1 is 1.30 bits per heavy atom. The summed E-state index contributed by atoms with van der Waals surface area (Å²) >= 11 is 3.49. The monoisotopic (exact) mass is 338 g/mol. The number of halogens is 1. The number of fused-ring (bicyclic) bond motifs is 1. The van der Waals surface area contributed by atoms with Crippen LogP contribution >= 0.6 is 19.2 Å². The lowest BCUT2D eigenvalue weighted by Gasteiger charge is -2.08. The molecule has 0 aliphatic carbocycles. The highest BCUT2D eigenvalue weighted by atomic mass is 35.5. The summed E-state index contributed by atoms with van der Waals surface area (Å²) in [6.07, 6.45) is 0. The molecule has 0 amide bonds. The number of anilines is 1. The maximum Gasteiger partial charge on any atom is 0.361 e. The molecule has 0 fully saturated rings. The molecule has 2 aromatic rings. The van der Waals surface area contributed by atoms with Gasteiger partial charge in [-0.15, -0.1) is 0 Å². The Morgan fingerprint density at radius 3 is 2.50 bits per heavy atom. The molecule has 0 radical (unpaired) electrons. The Hall–Kier alpha value is -1.22. The number of pyridine rings is 1. The van der Waals surface area contributed by atoms with Crippen LogP contribution in [0.3, 0.4) is 0 Å². The van der Waals surface area contributed by atoms with Crippen molar-refractivity contribution in [3.05, 3.63) is 33.6 Å². The molecule has 0 aliphatic rings. The van der Waals surface area contributed by atoms with E-state index in [1.54, 1.807) is 0 Å². The maximum atomic E-state index is 11.6. The van der Waals surface area contributed by atoms with E-state index < -0.39 is 29.7 Å². The highest BCUT2D eigenvalue weighted by Crippen LogP contribution is 2.33. The highest BCUT2D eigenvalue weighted by Gasteiger charge is 2.22. The van der Waals surface area contributed by atoms with Gasteiger partial charge >= 0.3 is 7.60 Å². The van der Waals surface area contributed by atoms with Crippen molar-refractivity contribution in [2.24, 2.45) is 0 Å². The quantitative estimate of drug-likeness (QED) is 0.408. The van der Waals surface area contributed by atoms with Gasteiger partial charge < -0.3 is 14.8 Å². The zero-order valence-corrected chi connectivity index (χ0v) is 12.0. The molecule has 2 rings (SSSR count). The zero-order chi connectivity index (χ0) is 15.1. The highest BCUT2D eigenvalue weighted by molar-refractivity contribution is 7.80. The van der Waals surface area contributed by atoms with Crippen LogP contribution in [0.4, 0.5) is 5.69 Å². The van der Waals surface area contributed by atoms with E-state index in [0.717, 1.165) is 6.07 Å². The molecular formula is C9H8ClN2O6PS. The third-order valence-corrected chi connectivity index (χ3v) is 4.09. The summed E-state index contributed by atoms with van der Waals surface area (Å²) in [7, 11) is -4.72. The summed E-state index contributed by atoms with van der Waals surface area (Å²) in [5.74, 6) is 0. The second kappa shape index (κ2) is 5.28. The molecule has 1 atom stereocenters. The van der Waals surface area contributed by atoms with Gasteiger partial charge in [0.25, 0.3) is 16.8 Å². The van der Waals surface area contributed by atoms with Gasteiger partial charge in [0.05, 0.1) is 10.7 Å². The van der Waals surface area contributed by atoms with E-state index in [1.165, 1.54) is 12.1 Å². The Labute approximate surface area is 119 Å². The fraction of sp³-hybridized carbons (Fsp3) is 0. The lowest BCUT2D eigenvalue weighted by molar-refractivity contribution is 0.387. The molecule has 0 saturated heterocycles. The number of aromatic nitrogens is 1. The summed E-state index contributed by atoms with van der Waals surface area (Å²) in [5.41, 5.74) is -0.594. The number of H-pyrrole nitrogens is 1. The van der Waals surface area contributed by atoms with Crippen LogP contribution in [0.25, 0.3) is 10.9 Å². The second-order valence-corrected chi connectivity index (χ2v) is 6.48. The van der Waals surface area contributed by atoms with Crippen LogP contribution < -0.4 is 15.6 Å². The number of benzene rings is 1. The van der Waals surface area contributed by atoms with Crippen molar-refractivity contribution in [2.45, 2.75) is 0 Å². The first-order valence-corrected chi connectivity index (χ1v) is 8.08. The molecule has 0 bridgehead atoms. The SMILES string of the molecule is O=c1[nH]c2cc(Cl)c(NS(=O)O)cc2cc1P(=O)(O)O. The van der Waals surface area contributed by atoms with E-state index in [-0.39, 0.29) is 21.6 Å². The normalized spacial score (nSPS) is 13.4. The number of hydrogen-bond donors (Lipinski definition) is 5. The van der Waals surface area contributed by atoms with E-state index in [9.17, 15) is 13.6 Å². The van der Waals surface area contributed by atoms with E-state index in [0.29, 0.717) is 0 Å². The average molecular weight is 339 g/mol. The lowest BCUT2D eigenvalue weighted by atomic mass is 10.2. The first-order chi connectivity index (χ1) is 9.18. The number of rotatable bonds is 3. The van der Waals surface area contributed by atoms with Crippen molar-refractivity contribution in [2.75, 3.05) is 4.72 Å². The largest absolute Gasteiger partial charge is 0.361 e. The molecule has 5 N–H and O–H groups in total. The Balaban J connectivity index is 2.73. The van der Waals surface area contributed by atoms with Crippen molar-refractivity contribution in [1.29, 1.82) is 0 Å². The predicted molar refractivity (Wildman–Crippen MR) is 75.7 cm³/mol. The first kappa shape index (κ1) is 15.2. The Bertz CT molecular complexity index is 816. The average Bonchev–Trinajstić information content (AvgIpc) is 2.27. The third-order valence-electron chi connectivity index (χ3n) is 2.42. The molecule has 0 spiro atoms. The maximum absolute atomic E-state index is 11.6. The van der Waals surface area contributed by atoms with Crippen molar-refractivity contribution in [3.63, 3.8) is 0 Å². The molecule has 1 heterocycles. The van der Waals surface area contributed by atoms with Gasteiger partial charge in [0, 0.05) is 10.9 Å². The molecule has 11 heteroatoms. The van der Waals surface area contributed by atoms with Crippen LogP contribution in [0.15, 0.2) is 23.0 Å². The molecular weight excluding hydrogens is 331 g/mol. The molecule has 8 nitrogen and oxygen atoms in total. The Morgan fingerprint density at radius 2 is 1.95 bits per heavy atom. The molecule has 1 unspecified atom stereocenters. The van der Waals surface area contributed by atoms with E-state index in [1.807, 2.05) is 0 Å². The molecule has 108 valence electrons. The van der Waals surface area contributed by atoms with Crippen LogP contribution in [0.5, 0.6) is 0 Å². The van der Waals surface area contributed by atoms with Crippen LogP contribution in [-0.2, 0) is 15.8 Å². The lowest BCUT2D eigenvalue weighted by Crippen LogP contribution is -2.26. The van der Waals surface area contributed by atoms with Crippen molar-refractivity contribution < 1.29 is 23.1 Å². The smallest absolute Gasteiger partial charge is 0.321 e. The Kier molecular flexibility index (Phi) is 4.01.